The minimum Gasteiger partial charge on any atom is -0.478 e. The van der Waals surface area contributed by atoms with E-state index in [2.05, 4.69) is 0 Å². The van der Waals surface area contributed by atoms with E-state index in [-0.39, 0.29) is 50.4 Å². The number of carbonyl (C=O) groups is 6. The van der Waals surface area contributed by atoms with Gasteiger partial charge in [0.05, 0.1) is 33.4 Å². The van der Waals surface area contributed by atoms with Crippen molar-refractivity contribution in [3.05, 3.63) is 130 Å². The van der Waals surface area contributed by atoms with Gasteiger partial charge in [0.15, 0.2) is 0 Å². The average Bonchev–Trinajstić information content (AvgIpc) is 3.07. The number of benzene rings is 5. The van der Waals surface area contributed by atoms with Crippen molar-refractivity contribution in [3.63, 3.8) is 0 Å². The summed E-state index contributed by atoms with van der Waals surface area (Å²) in [6.07, 6.45) is 0. The lowest BCUT2D eigenvalue weighted by Gasteiger charge is -2.18. The van der Waals surface area contributed by atoms with Crippen LogP contribution in [0, 0.1) is 0 Å². The number of carboxylic acids is 6. The smallest absolute Gasteiger partial charge is 0.336 e. The molecule has 49 heavy (non-hydrogen) atoms. The molecule has 0 atom stereocenters. The van der Waals surface area contributed by atoms with E-state index >= 15 is 0 Å². The number of aromatic carboxylic acids is 6. The van der Waals surface area contributed by atoms with Gasteiger partial charge in [0, 0.05) is 11.1 Å². The second-order valence-corrected chi connectivity index (χ2v) is 10.5. The van der Waals surface area contributed by atoms with Gasteiger partial charge in [-0.2, -0.15) is 0 Å². The monoisotopic (exact) mass is 662 g/mol. The highest BCUT2D eigenvalue weighted by molar-refractivity contribution is 6.08. The molecule has 0 unspecified atom stereocenters. The van der Waals surface area contributed by atoms with Gasteiger partial charge in [-0.3, -0.25) is 0 Å². The first-order valence-electron chi connectivity index (χ1n) is 14.0. The highest BCUT2D eigenvalue weighted by atomic mass is 16.5. The maximum Gasteiger partial charge on any atom is 0.336 e. The molecule has 0 bridgehead atoms. The summed E-state index contributed by atoms with van der Waals surface area (Å²) < 4.78 is 5.96. The highest BCUT2D eigenvalue weighted by Crippen LogP contribution is 2.41. The summed E-state index contributed by atoms with van der Waals surface area (Å²) >= 11 is 0. The van der Waals surface area contributed by atoms with Crippen molar-refractivity contribution < 1.29 is 64.1 Å². The molecule has 0 aliphatic rings. The topological polar surface area (TPSA) is 233 Å². The van der Waals surface area contributed by atoms with Crippen LogP contribution >= 0.6 is 0 Å². The molecule has 0 spiro atoms. The summed E-state index contributed by atoms with van der Waals surface area (Å²) in [5.74, 6) is -8.37. The number of carboxylic acid groups (broad SMARTS) is 6. The lowest BCUT2D eigenvalue weighted by atomic mass is 9.87. The standard InChI is InChI=1S/C36H22O13/c37-31(38)18-3-1-17(2-4-18)20-7-10-26(35(45)46)28(14-20)29-16-25(49-24-8-5-19(6-9-24)32(39)40)15-27(30(29)36(47)48)21-11-22(33(41)42)13-23(12-21)34(43)44/h1-16H,(H,37,38)(H,39,40)(H,41,42)(H,43,44)(H,45,46)(H,47,48). The van der Waals surface area contributed by atoms with Crippen LogP contribution < -0.4 is 4.74 Å². The predicted octanol–water partition coefficient (Wildman–Crippen LogP) is 6.67. The molecule has 0 aliphatic carbocycles. The summed E-state index contributed by atoms with van der Waals surface area (Å²) in [6.45, 7) is 0. The fourth-order valence-corrected chi connectivity index (χ4v) is 5.12. The van der Waals surface area contributed by atoms with Crippen molar-refractivity contribution in [1.29, 1.82) is 0 Å². The van der Waals surface area contributed by atoms with E-state index in [1.54, 1.807) is 0 Å². The van der Waals surface area contributed by atoms with E-state index in [4.69, 9.17) is 4.74 Å². The Morgan fingerprint density at radius 3 is 1.35 bits per heavy atom. The average molecular weight is 663 g/mol. The normalized spacial score (nSPS) is 10.6. The molecule has 0 aromatic heterocycles. The van der Waals surface area contributed by atoms with E-state index in [9.17, 15) is 59.4 Å². The Morgan fingerprint density at radius 2 is 0.857 bits per heavy atom. The third-order valence-corrected chi connectivity index (χ3v) is 7.41. The van der Waals surface area contributed by atoms with Gasteiger partial charge in [0.2, 0.25) is 0 Å². The van der Waals surface area contributed by atoms with Crippen molar-refractivity contribution in [1.82, 2.24) is 0 Å². The molecule has 0 heterocycles. The largest absolute Gasteiger partial charge is 0.478 e. The Bertz CT molecular complexity index is 2170. The zero-order valence-corrected chi connectivity index (χ0v) is 24.8. The Morgan fingerprint density at radius 1 is 0.367 bits per heavy atom. The summed E-state index contributed by atoms with van der Waals surface area (Å²) in [7, 11) is 0. The van der Waals surface area contributed by atoms with Gasteiger partial charge in [0.1, 0.15) is 11.5 Å². The van der Waals surface area contributed by atoms with Gasteiger partial charge in [0.25, 0.3) is 0 Å². The first-order chi connectivity index (χ1) is 23.2. The van der Waals surface area contributed by atoms with E-state index in [1.165, 1.54) is 78.9 Å². The Kier molecular flexibility index (Phi) is 8.93. The van der Waals surface area contributed by atoms with Gasteiger partial charge in [-0.05, 0) is 101 Å². The first kappa shape index (κ1) is 33.1. The Hall–Kier alpha value is -7.28. The van der Waals surface area contributed by atoms with Crippen LogP contribution in [0.25, 0.3) is 33.4 Å². The first-order valence-corrected chi connectivity index (χ1v) is 14.0. The maximum atomic E-state index is 13.0. The molecule has 244 valence electrons. The number of hydrogen-bond donors (Lipinski definition) is 6. The molecule has 0 fully saturated rings. The minimum absolute atomic E-state index is 0.00510. The Labute approximate surface area is 275 Å². The third-order valence-electron chi connectivity index (χ3n) is 7.41. The van der Waals surface area contributed by atoms with E-state index in [1.807, 2.05) is 0 Å². The van der Waals surface area contributed by atoms with Gasteiger partial charge >= 0.3 is 35.8 Å². The van der Waals surface area contributed by atoms with Crippen LogP contribution in [0.4, 0.5) is 0 Å². The molecule has 13 heteroatoms. The molecule has 0 radical (unpaired) electrons. The van der Waals surface area contributed by atoms with Crippen LogP contribution in [-0.4, -0.2) is 66.5 Å². The molecular formula is C36H22O13. The molecule has 0 amide bonds. The van der Waals surface area contributed by atoms with Crippen molar-refractivity contribution in [2.75, 3.05) is 0 Å². The summed E-state index contributed by atoms with van der Waals surface area (Å²) in [6, 6.07) is 20.3. The highest BCUT2D eigenvalue weighted by Gasteiger charge is 2.26. The number of ether oxygens (including phenoxy) is 1. The van der Waals surface area contributed by atoms with Crippen LogP contribution in [-0.2, 0) is 0 Å². The number of rotatable bonds is 11. The third kappa shape index (κ3) is 6.95. The van der Waals surface area contributed by atoms with Gasteiger partial charge in [-0.25, -0.2) is 28.8 Å². The lowest BCUT2D eigenvalue weighted by Crippen LogP contribution is -2.08. The quantitative estimate of drug-likeness (QED) is 0.0868. The maximum absolute atomic E-state index is 13.0. The number of hydrogen-bond acceptors (Lipinski definition) is 7. The molecule has 5 rings (SSSR count). The van der Waals surface area contributed by atoms with E-state index in [0.717, 1.165) is 18.2 Å². The van der Waals surface area contributed by atoms with Crippen LogP contribution in [0.5, 0.6) is 11.5 Å². The lowest BCUT2D eigenvalue weighted by molar-refractivity contribution is 0.0680. The molecule has 0 saturated heterocycles. The van der Waals surface area contributed by atoms with Crippen LogP contribution in [0.2, 0.25) is 0 Å². The van der Waals surface area contributed by atoms with Crippen LogP contribution in [0.1, 0.15) is 62.1 Å². The van der Waals surface area contributed by atoms with Crippen molar-refractivity contribution in [2.24, 2.45) is 0 Å². The molecule has 5 aromatic rings. The zero-order valence-electron chi connectivity index (χ0n) is 24.8. The zero-order chi connectivity index (χ0) is 35.6. The van der Waals surface area contributed by atoms with Crippen molar-refractivity contribution >= 4 is 35.8 Å². The van der Waals surface area contributed by atoms with Crippen molar-refractivity contribution in [2.45, 2.75) is 0 Å². The van der Waals surface area contributed by atoms with Gasteiger partial charge in [-0.15, -0.1) is 0 Å². The molecular weight excluding hydrogens is 640 g/mol. The summed E-state index contributed by atoms with van der Waals surface area (Å²) in [5.41, 5.74) is -1.72. The molecule has 5 aromatic carbocycles. The molecule has 13 nitrogen and oxygen atoms in total. The van der Waals surface area contributed by atoms with E-state index in [0.29, 0.717) is 11.1 Å². The van der Waals surface area contributed by atoms with Crippen LogP contribution in [0.15, 0.2) is 97.1 Å². The van der Waals surface area contributed by atoms with Gasteiger partial charge in [-0.1, -0.05) is 18.2 Å². The fourth-order valence-electron chi connectivity index (χ4n) is 5.12. The van der Waals surface area contributed by atoms with Gasteiger partial charge < -0.3 is 35.4 Å². The molecule has 0 aliphatic heterocycles. The molecule has 6 N–H and O–H groups in total. The second kappa shape index (κ2) is 13.2. The second-order valence-electron chi connectivity index (χ2n) is 10.5. The fraction of sp³-hybridized carbons (Fsp3) is 0. The SMILES string of the molecule is O=C(O)c1ccc(Oc2cc(-c3cc(C(=O)O)cc(C(=O)O)c3)c(C(=O)O)c(-c3cc(-c4ccc(C(=O)O)cc4)ccc3C(=O)O)c2)cc1. The van der Waals surface area contributed by atoms with E-state index < -0.39 is 52.5 Å². The van der Waals surface area contributed by atoms with Crippen LogP contribution in [0.3, 0.4) is 0 Å². The Balaban J connectivity index is 1.83. The minimum atomic E-state index is -1.58. The van der Waals surface area contributed by atoms with Crippen molar-refractivity contribution in [3.8, 4) is 44.9 Å². The summed E-state index contributed by atoms with van der Waals surface area (Å²) in [4.78, 5) is 72.0. The predicted molar refractivity (Wildman–Crippen MR) is 171 cm³/mol. The molecule has 0 saturated carbocycles. The summed E-state index contributed by atoms with van der Waals surface area (Å²) in [5, 5.41) is 58.6.